The number of ketones is 1. The number of imidazole rings is 1. The molecule has 0 aliphatic carbocycles. The van der Waals surface area contributed by atoms with Gasteiger partial charge in [-0.25, -0.2) is 4.98 Å². The van der Waals surface area contributed by atoms with Crippen LogP contribution in [0.1, 0.15) is 28.5 Å². The molecular weight excluding hydrogens is 200 g/mol. The Hall–Kier alpha value is -1.90. The number of benzene rings is 1. The van der Waals surface area contributed by atoms with Gasteiger partial charge in [0.25, 0.3) is 0 Å². The molecule has 82 valence electrons. The lowest BCUT2D eigenvalue weighted by Gasteiger charge is -2.02. The topological polar surface area (TPSA) is 34.9 Å². The second-order valence-corrected chi connectivity index (χ2v) is 3.97. The molecule has 0 amide bonds. The van der Waals surface area contributed by atoms with E-state index < -0.39 is 0 Å². The fraction of sp³-hybridized carbons (Fsp3) is 0.231. The highest BCUT2D eigenvalue weighted by Crippen LogP contribution is 2.06. The summed E-state index contributed by atoms with van der Waals surface area (Å²) in [5, 5.41) is 0. The highest BCUT2D eigenvalue weighted by Gasteiger charge is 2.03. The molecule has 0 radical (unpaired) electrons. The lowest BCUT2D eigenvalue weighted by Crippen LogP contribution is -1.97. The summed E-state index contributed by atoms with van der Waals surface area (Å²) in [6, 6.07) is 8.34. The molecule has 0 N–H and O–H groups in total. The Labute approximate surface area is 94.7 Å². The normalized spacial score (nSPS) is 10.4. The average Bonchev–Trinajstić information content (AvgIpc) is 2.70. The second-order valence-electron chi connectivity index (χ2n) is 3.97. The zero-order valence-electron chi connectivity index (χ0n) is 9.47. The molecule has 3 nitrogen and oxygen atoms in total. The molecule has 1 aromatic carbocycles. The van der Waals surface area contributed by atoms with Crippen molar-refractivity contribution in [2.45, 2.75) is 20.4 Å². The van der Waals surface area contributed by atoms with Crippen molar-refractivity contribution in [2.75, 3.05) is 0 Å². The van der Waals surface area contributed by atoms with Gasteiger partial charge in [-0.3, -0.25) is 4.79 Å². The van der Waals surface area contributed by atoms with Gasteiger partial charge in [0.2, 0.25) is 0 Å². The Morgan fingerprint density at radius 2 is 2.00 bits per heavy atom. The number of Topliss-reactive ketones (excluding diaryl/α,β-unsaturated/α-hetero) is 1. The summed E-state index contributed by atoms with van der Waals surface area (Å²) >= 11 is 0. The summed E-state index contributed by atoms with van der Waals surface area (Å²) in [7, 11) is 0. The van der Waals surface area contributed by atoms with E-state index in [4.69, 9.17) is 0 Å². The van der Waals surface area contributed by atoms with Crippen LogP contribution in [0.2, 0.25) is 0 Å². The standard InChI is InChI=1S/C13H14N2O/c1-10-3-5-12(6-4-10)7-15-8-13(11(2)16)14-9-15/h3-6,8-9H,7H2,1-2H3. The molecule has 0 unspecified atom stereocenters. The number of aryl methyl sites for hydroxylation is 1. The molecule has 2 rings (SSSR count). The maximum Gasteiger partial charge on any atom is 0.179 e. The first kappa shape index (κ1) is 10.6. The number of rotatable bonds is 3. The first-order chi connectivity index (χ1) is 7.65. The predicted molar refractivity (Wildman–Crippen MR) is 62.5 cm³/mol. The van der Waals surface area contributed by atoms with Gasteiger partial charge in [-0.05, 0) is 12.5 Å². The van der Waals surface area contributed by atoms with Gasteiger partial charge in [0, 0.05) is 19.7 Å². The lowest BCUT2D eigenvalue weighted by atomic mass is 10.1. The Bertz CT molecular complexity index is 497. The molecule has 1 aromatic heterocycles. The SMILES string of the molecule is CC(=O)c1cn(Cc2ccc(C)cc2)cn1. The molecule has 1 heterocycles. The fourth-order valence-corrected chi connectivity index (χ4v) is 1.53. The van der Waals surface area contributed by atoms with Crippen LogP contribution in [0.15, 0.2) is 36.8 Å². The lowest BCUT2D eigenvalue weighted by molar-refractivity contribution is 0.101. The zero-order valence-corrected chi connectivity index (χ0v) is 9.47. The molecule has 0 atom stereocenters. The Kier molecular flexibility index (Phi) is 2.86. The van der Waals surface area contributed by atoms with Crippen molar-refractivity contribution in [3.63, 3.8) is 0 Å². The van der Waals surface area contributed by atoms with Crippen molar-refractivity contribution in [1.82, 2.24) is 9.55 Å². The van der Waals surface area contributed by atoms with E-state index in [0.29, 0.717) is 5.69 Å². The van der Waals surface area contributed by atoms with Gasteiger partial charge in [0.1, 0.15) is 5.69 Å². The smallest absolute Gasteiger partial charge is 0.179 e. The van der Waals surface area contributed by atoms with Gasteiger partial charge in [-0.1, -0.05) is 29.8 Å². The van der Waals surface area contributed by atoms with Crippen LogP contribution in [-0.2, 0) is 6.54 Å². The van der Waals surface area contributed by atoms with Crippen molar-refractivity contribution in [3.05, 3.63) is 53.6 Å². The minimum Gasteiger partial charge on any atom is -0.332 e. The second kappa shape index (κ2) is 4.31. The van der Waals surface area contributed by atoms with Crippen molar-refractivity contribution in [3.8, 4) is 0 Å². The molecule has 0 aliphatic heterocycles. The van der Waals surface area contributed by atoms with Crippen LogP contribution in [0.5, 0.6) is 0 Å². The van der Waals surface area contributed by atoms with Gasteiger partial charge in [-0.2, -0.15) is 0 Å². The molecule has 2 aromatic rings. The molecule has 0 aliphatic rings. The van der Waals surface area contributed by atoms with Crippen molar-refractivity contribution in [1.29, 1.82) is 0 Å². The average molecular weight is 214 g/mol. The molecule has 0 spiro atoms. The highest BCUT2D eigenvalue weighted by atomic mass is 16.1. The molecule has 0 fully saturated rings. The van der Waals surface area contributed by atoms with E-state index in [1.54, 1.807) is 12.5 Å². The monoisotopic (exact) mass is 214 g/mol. The van der Waals surface area contributed by atoms with Crippen LogP contribution in [0.3, 0.4) is 0 Å². The van der Waals surface area contributed by atoms with Crippen LogP contribution < -0.4 is 0 Å². The molecule has 0 saturated carbocycles. The summed E-state index contributed by atoms with van der Waals surface area (Å²) in [6.45, 7) is 4.34. The Morgan fingerprint density at radius 3 is 2.56 bits per heavy atom. The van der Waals surface area contributed by atoms with E-state index in [2.05, 4.69) is 36.2 Å². The van der Waals surface area contributed by atoms with E-state index in [-0.39, 0.29) is 5.78 Å². The van der Waals surface area contributed by atoms with Gasteiger partial charge < -0.3 is 4.57 Å². The van der Waals surface area contributed by atoms with E-state index in [9.17, 15) is 4.79 Å². The van der Waals surface area contributed by atoms with Gasteiger partial charge in [0.05, 0.1) is 6.33 Å². The van der Waals surface area contributed by atoms with Crippen LogP contribution in [0.25, 0.3) is 0 Å². The number of carbonyl (C=O) groups excluding carboxylic acids is 1. The molecule has 0 bridgehead atoms. The Morgan fingerprint density at radius 1 is 1.31 bits per heavy atom. The van der Waals surface area contributed by atoms with Gasteiger partial charge in [-0.15, -0.1) is 0 Å². The van der Waals surface area contributed by atoms with Crippen molar-refractivity contribution in [2.24, 2.45) is 0 Å². The summed E-state index contributed by atoms with van der Waals surface area (Å²) < 4.78 is 1.92. The highest BCUT2D eigenvalue weighted by molar-refractivity contribution is 5.91. The summed E-state index contributed by atoms with van der Waals surface area (Å²) in [5.74, 6) is 0.00246. The molecule has 3 heteroatoms. The predicted octanol–water partition coefficient (Wildman–Crippen LogP) is 2.44. The minimum absolute atomic E-state index is 0.00246. The van der Waals surface area contributed by atoms with Crippen LogP contribution >= 0.6 is 0 Å². The van der Waals surface area contributed by atoms with Crippen LogP contribution in [0.4, 0.5) is 0 Å². The maximum atomic E-state index is 11.1. The number of nitrogens with zero attached hydrogens (tertiary/aromatic N) is 2. The van der Waals surface area contributed by atoms with E-state index in [1.165, 1.54) is 18.1 Å². The van der Waals surface area contributed by atoms with Gasteiger partial charge >= 0.3 is 0 Å². The number of hydrogen-bond acceptors (Lipinski definition) is 2. The first-order valence-electron chi connectivity index (χ1n) is 5.23. The molecule has 0 saturated heterocycles. The van der Waals surface area contributed by atoms with E-state index in [0.717, 1.165) is 6.54 Å². The third kappa shape index (κ3) is 2.37. The fourth-order valence-electron chi connectivity index (χ4n) is 1.53. The van der Waals surface area contributed by atoms with Crippen molar-refractivity contribution < 1.29 is 4.79 Å². The minimum atomic E-state index is 0.00246. The number of aromatic nitrogens is 2. The quantitative estimate of drug-likeness (QED) is 0.735. The summed E-state index contributed by atoms with van der Waals surface area (Å²) in [4.78, 5) is 15.1. The van der Waals surface area contributed by atoms with Gasteiger partial charge in [0.15, 0.2) is 5.78 Å². The van der Waals surface area contributed by atoms with Crippen molar-refractivity contribution >= 4 is 5.78 Å². The first-order valence-corrected chi connectivity index (χ1v) is 5.23. The zero-order chi connectivity index (χ0) is 11.5. The largest absolute Gasteiger partial charge is 0.332 e. The summed E-state index contributed by atoms with van der Waals surface area (Å²) in [6.07, 6.45) is 3.47. The Balaban J connectivity index is 2.14. The van der Waals surface area contributed by atoms with Crippen LogP contribution in [-0.4, -0.2) is 15.3 Å². The maximum absolute atomic E-state index is 11.1. The number of carbonyl (C=O) groups is 1. The molecular formula is C13H14N2O. The molecule has 16 heavy (non-hydrogen) atoms. The summed E-state index contributed by atoms with van der Waals surface area (Å²) in [5.41, 5.74) is 2.98. The third-order valence-corrected chi connectivity index (χ3v) is 2.48. The third-order valence-electron chi connectivity index (χ3n) is 2.48. The van der Waals surface area contributed by atoms with Crippen LogP contribution in [0, 0.1) is 6.92 Å². The number of hydrogen-bond donors (Lipinski definition) is 0. The van der Waals surface area contributed by atoms with E-state index >= 15 is 0 Å². The van der Waals surface area contributed by atoms with E-state index in [1.807, 2.05) is 4.57 Å².